The van der Waals surface area contributed by atoms with Crippen LogP contribution in [-0.4, -0.2) is 29.2 Å². The molecule has 2 rings (SSSR count). The highest BCUT2D eigenvalue weighted by molar-refractivity contribution is 6.32. The van der Waals surface area contributed by atoms with Gasteiger partial charge in [0.05, 0.1) is 18.8 Å². The molecule has 0 saturated carbocycles. The molecule has 0 spiro atoms. The van der Waals surface area contributed by atoms with E-state index >= 15 is 0 Å². The fraction of sp³-hybridized carbons (Fsp3) is 0.267. The minimum Gasteiger partial charge on any atom is -0.493 e. The Morgan fingerprint density at radius 2 is 2.00 bits per heavy atom. The molecular weight excluding hydrogens is 292 g/mol. The van der Waals surface area contributed by atoms with Crippen molar-refractivity contribution < 1.29 is 14.3 Å². The molecular formula is C15H15ClN2O3. The zero-order chi connectivity index (χ0) is 15.2. The zero-order valence-electron chi connectivity index (χ0n) is 11.8. The summed E-state index contributed by atoms with van der Waals surface area (Å²) in [5, 5.41) is 0.0600. The van der Waals surface area contributed by atoms with Crippen LogP contribution in [0.25, 0.3) is 11.4 Å². The van der Waals surface area contributed by atoms with Crippen LogP contribution in [0.5, 0.6) is 5.75 Å². The topological polar surface area (TPSA) is 61.3 Å². The van der Waals surface area contributed by atoms with E-state index in [4.69, 9.17) is 21.1 Å². The van der Waals surface area contributed by atoms with Crippen molar-refractivity contribution in [2.45, 2.75) is 13.8 Å². The molecule has 0 radical (unpaired) electrons. The number of hydrogen-bond donors (Lipinski definition) is 0. The van der Waals surface area contributed by atoms with E-state index in [-0.39, 0.29) is 17.3 Å². The molecule has 0 amide bonds. The van der Waals surface area contributed by atoms with Crippen molar-refractivity contribution >= 4 is 17.6 Å². The van der Waals surface area contributed by atoms with Gasteiger partial charge in [-0.3, -0.25) is 0 Å². The standard InChI is InChI=1S/C15H15ClN2O3/c1-3-20-12-8-6-5-7-10(12)14-17-9-11(13(16)18-14)15(19)21-4-2/h5-9H,3-4H2,1-2H3. The predicted octanol–water partition coefficient (Wildman–Crippen LogP) is 3.37. The number of benzene rings is 1. The first-order chi connectivity index (χ1) is 10.2. The molecule has 110 valence electrons. The van der Waals surface area contributed by atoms with E-state index in [0.717, 1.165) is 5.56 Å². The van der Waals surface area contributed by atoms with Gasteiger partial charge in [-0.25, -0.2) is 14.8 Å². The molecule has 0 fully saturated rings. The van der Waals surface area contributed by atoms with Crippen molar-refractivity contribution in [2.75, 3.05) is 13.2 Å². The number of carbonyl (C=O) groups excluding carboxylic acids is 1. The number of aromatic nitrogens is 2. The highest BCUT2D eigenvalue weighted by atomic mass is 35.5. The van der Waals surface area contributed by atoms with Gasteiger partial charge in [-0.05, 0) is 26.0 Å². The summed E-state index contributed by atoms with van der Waals surface area (Å²) < 4.78 is 10.4. The highest BCUT2D eigenvalue weighted by Crippen LogP contribution is 2.28. The smallest absolute Gasteiger partial charge is 0.342 e. The normalized spacial score (nSPS) is 10.2. The van der Waals surface area contributed by atoms with E-state index in [1.165, 1.54) is 6.20 Å². The number of carbonyl (C=O) groups is 1. The monoisotopic (exact) mass is 306 g/mol. The first kappa shape index (κ1) is 15.3. The Balaban J connectivity index is 2.38. The van der Waals surface area contributed by atoms with Crippen molar-refractivity contribution in [3.05, 3.63) is 41.2 Å². The first-order valence-electron chi connectivity index (χ1n) is 6.59. The van der Waals surface area contributed by atoms with Gasteiger partial charge in [0.1, 0.15) is 16.5 Å². The number of nitrogens with zero attached hydrogens (tertiary/aromatic N) is 2. The maximum atomic E-state index is 11.7. The lowest BCUT2D eigenvalue weighted by atomic mass is 10.2. The molecule has 0 aliphatic rings. The Kier molecular flexibility index (Phi) is 5.11. The summed E-state index contributed by atoms with van der Waals surface area (Å²) in [7, 11) is 0. The second-order valence-electron chi connectivity index (χ2n) is 4.05. The minimum absolute atomic E-state index is 0.0600. The van der Waals surface area contributed by atoms with Crippen LogP contribution in [0.3, 0.4) is 0 Å². The van der Waals surface area contributed by atoms with Crippen molar-refractivity contribution in [3.63, 3.8) is 0 Å². The Bertz CT molecular complexity index is 647. The Hall–Kier alpha value is -2.14. The summed E-state index contributed by atoms with van der Waals surface area (Å²) in [6.07, 6.45) is 1.37. The van der Waals surface area contributed by atoms with Crippen LogP contribution in [0.15, 0.2) is 30.5 Å². The molecule has 0 atom stereocenters. The summed E-state index contributed by atoms with van der Waals surface area (Å²) in [6, 6.07) is 7.38. The number of para-hydroxylation sites is 1. The van der Waals surface area contributed by atoms with E-state index in [2.05, 4.69) is 9.97 Å². The van der Waals surface area contributed by atoms with Gasteiger partial charge in [-0.15, -0.1) is 0 Å². The Morgan fingerprint density at radius 3 is 2.67 bits per heavy atom. The van der Waals surface area contributed by atoms with Crippen LogP contribution in [0.2, 0.25) is 5.15 Å². The molecule has 1 aromatic heterocycles. The maximum Gasteiger partial charge on any atom is 0.342 e. The van der Waals surface area contributed by atoms with E-state index in [1.54, 1.807) is 6.92 Å². The van der Waals surface area contributed by atoms with Gasteiger partial charge in [0.15, 0.2) is 5.82 Å². The van der Waals surface area contributed by atoms with Gasteiger partial charge in [0.2, 0.25) is 0 Å². The number of ether oxygens (including phenoxy) is 2. The summed E-state index contributed by atoms with van der Waals surface area (Å²) >= 11 is 6.05. The van der Waals surface area contributed by atoms with Crippen molar-refractivity contribution in [2.24, 2.45) is 0 Å². The van der Waals surface area contributed by atoms with Crippen LogP contribution in [0, 0.1) is 0 Å². The van der Waals surface area contributed by atoms with E-state index in [9.17, 15) is 4.79 Å². The van der Waals surface area contributed by atoms with Gasteiger partial charge in [-0.2, -0.15) is 0 Å². The van der Waals surface area contributed by atoms with Gasteiger partial charge in [0.25, 0.3) is 0 Å². The van der Waals surface area contributed by atoms with E-state index in [1.807, 2.05) is 31.2 Å². The molecule has 0 saturated heterocycles. The third kappa shape index (κ3) is 3.49. The summed E-state index contributed by atoms with van der Waals surface area (Å²) in [5.74, 6) is 0.532. The molecule has 5 nitrogen and oxygen atoms in total. The van der Waals surface area contributed by atoms with Gasteiger partial charge in [-0.1, -0.05) is 23.7 Å². The van der Waals surface area contributed by atoms with Crippen LogP contribution < -0.4 is 4.74 Å². The highest BCUT2D eigenvalue weighted by Gasteiger charge is 2.16. The molecule has 0 N–H and O–H groups in total. The number of esters is 1. The second kappa shape index (κ2) is 7.04. The van der Waals surface area contributed by atoms with Crippen molar-refractivity contribution in [1.82, 2.24) is 9.97 Å². The fourth-order valence-corrected chi connectivity index (χ4v) is 1.98. The van der Waals surface area contributed by atoms with Crippen LogP contribution in [0.4, 0.5) is 0 Å². The lowest BCUT2D eigenvalue weighted by Gasteiger charge is -2.09. The molecule has 0 unspecified atom stereocenters. The van der Waals surface area contributed by atoms with Crippen molar-refractivity contribution in [3.8, 4) is 17.1 Å². The van der Waals surface area contributed by atoms with E-state index in [0.29, 0.717) is 18.2 Å². The SMILES string of the molecule is CCOC(=O)c1cnc(-c2ccccc2OCC)nc1Cl. The Labute approximate surface area is 127 Å². The fourth-order valence-electron chi connectivity index (χ4n) is 1.77. The van der Waals surface area contributed by atoms with Gasteiger partial charge < -0.3 is 9.47 Å². The molecule has 21 heavy (non-hydrogen) atoms. The molecule has 1 aromatic carbocycles. The number of hydrogen-bond acceptors (Lipinski definition) is 5. The lowest BCUT2D eigenvalue weighted by molar-refractivity contribution is 0.0525. The van der Waals surface area contributed by atoms with E-state index < -0.39 is 5.97 Å². The van der Waals surface area contributed by atoms with Crippen molar-refractivity contribution in [1.29, 1.82) is 0 Å². The molecule has 1 heterocycles. The summed E-state index contributed by atoms with van der Waals surface area (Å²) in [4.78, 5) is 20.0. The second-order valence-corrected chi connectivity index (χ2v) is 4.41. The molecule has 0 aliphatic heterocycles. The molecule has 2 aromatic rings. The average molecular weight is 307 g/mol. The summed E-state index contributed by atoms with van der Waals surface area (Å²) in [5.41, 5.74) is 0.868. The minimum atomic E-state index is -0.535. The third-order valence-corrected chi connectivity index (χ3v) is 2.95. The lowest BCUT2D eigenvalue weighted by Crippen LogP contribution is -2.08. The molecule has 6 heteroatoms. The van der Waals surface area contributed by atoms with Crippen LogP contribution >= 0.6 is 11.6 Å². The number of rotatable bonds is 5. The molecule has 0 aliphatic carbocycles. The average Bonchev–Trinajstić information content (AvgIpc) is 2.48. The summed E-state index contributed by atoms with van der Waals surface area (Å²) in [6.45, 7) is 4.42. The predicted molar refractivity (Wildman–Crippen MR) is 79.6 cm³/mol. The third-order valence-electron chi connectivity index (χ3n) is 2.67. The van der Waals surface area contributed by atoms with Gasteiger partial charge >= 0.3 is 5.97 Å². The first-order valence-corrected chi connectivity index (χ1v) is 6.97. The van der Waals surface area contributed by atoms with Crippen LogP contribution in [0.1, 0.15) is 24.2 Å². The maximum absolute atomic E-state index is 11.7. The largest absolute Gasteiger partial charge is 0.493 e. The van der Waals surface area contributed by atoms with Crippen LogP contribution in [-0.2, 0) is 4.74 Å². The quantitative estimate of drug-likeness (QED) is 0.626. The van der Waals surface area contributed by atoms with Gasteiger partial charge in [0, 0.05) is 6.20 Å². The zero-order valence-corrected chi connectivity index (χ0v) is 12.6. The Morgan fingerprint density at radius 1 is 1.24 bits per heavy atom. The number of halogens is 1. The molecule has 0 bridgehead atoms.